The molecular formula is C3N3Yb. The maximum Gasteiger partial charge on any atom is 3.00 e. The van der Waals surface area contributed by atoms with Crippen LogP contribution in [0.2, 0.25) is 0 Å². The number of hydrogen-bond acceptors (Lipinski definition) is 3. The van der Waals surface area contributed by atoms with E-state index in [1.807, 2.05) is 0 Å². The van der Waals surface area contributed by atoms with Crippen LogP contribution in [-0.2, 0) is 0 Å². The van der Waals surface area contributed by atoms with Crippen molar-refractivity contribution in [2.24, 2.45) is 0 Å². The van der Waals surface area contributed by atoms with E-state index in [9.17, 15) is 0 Å². The molecule has 0 aliphatic carbocycles. The first-order chi connectivity index (χ1) is 3.00. The molecule has 0 aromatic rings. The summed E-state index contributed by atoms with van der Waals surface area (Å²) in [4.78, 5) is 0. The molecule has 0 fully saturated rings. The quantitative estimate of drug-likeness (QED) is 0.581. The van der Waals surface area contributed by atoms with E-state index >= 15 is 0 Å². The van der Waals surface area contributed by atoms with Crippen LogP contribution >= 0.6 is 0 Å². The van der Waals surface area contributed by atoms with Crippen molar-refractivity contribution in [1.82, 2.24) is 0 Å². The molecule has 4 heteroatoms. The topological polar surface area (TPSA) is 71.4 Å². The molecule has 7 heavy (non-hydrogen) atoms. The molecule has 0 heterocycles. The van der Waals surface area contributed by atoms with Crippen LogP contribution in [0.3, 0.4) is 0 Å². The molecule has 0 aromatic carbocycles. The van der Waals surface area contributed by atoms with Crippen LogP contribution in [-0.4, -0.2) is 0 Å². The van der Waals surface area contributed by atoms with Gasteiger partial charge >= 0.3 is 46.9 Å². The first kappa shape index (κ1) is 28.1. The Morgan fingerprint density at radius 3 is 0.571 bits per heavy atom. The first-order valence-electron chi connectivity index (χ1n) is 0.671. The predicted octanol–water partition coefficient (Wildman–Crippen LogP) is 0.289. The maximum absolute atomic E-state index is 6.25. The number of hydrogen-bond donors (Lipinski definition) is 0. The van der Waals surface area contributed by atoms with E-state index in [1.165, 1.54) is 0 Å². The van der Waals surface area contributed by atoms with Crippen molar-refractivity contribution >= 4 is 0 Å². The van der Waals surface area contributed by atoms with Gasteiger partial charge in [-0.2, -0.15) is 0 Å². The minimum Gasteiger partial charge on any atom is -0.512 e. The van der Waals surface area contributed by atoms with E-state index in [2.05, 4.69) is 0 Å². The third-order valence-electron chi connectivity index (χ3n) is 0. The van der Waals surface area contributed by atoms with Gasteiger partial charge in [-0.25, -0.2) is 0 Å². The number of rotatable bonds is 0. The normalized spacial score (nSPS) is 0.857. The summed E-state index contributed by atoms with van der Waals surface area (Å²) in [5.41, 5.74) is 0. The van der Waals surface area contributed by atoms with Crippen molar-refractivity contribution in [3.8, 4) is 0 Å². The van der Waals surface area contributed by atoms with E-state index in [0.717, 1.165) is 0 Å². The minimum absolute atomic E-state index is 0. The first-order valence-corrected chi connectivity index (χ1v) is 0.671. The Morgan fingerprint density at radius 1 is 0.571 bits per heavy atom. The van der Waals surface area contributed by atoms with Crippen LogP contribution in [0.1, 0.15) is 0 Å². The van der Waals surface area contributed by atoms with Gasteiger partial charge in [0.05, 0.1) is 0 Å². The van der Waals surface area contributed by atoms with Gasteiger partial charge in [0.1, 0.15) is 0 Å². The summed E-state index contributed by atoms with van der Waals surface area (Å²) in [6.45, 7) is 14.2. The summed E-state index contributed by atoms with van der Waals surface area (Å²) in [7, 11) is 0. The maximum atomic E-state index is 6.25. The Balaban J connectivity index is -0.00000000900. The standard InChI is InChI=1S/3CN.Yb/c3*1-2;/q3*-1;+3. The van der Waals surface area contributed by atoms with Gasteiger partial charge in [-0.05, 0) is 0 Å². The minimum atomic E-state index is 0. The van der Waals surface area contributed by atoms with E-state index in [0.29, 0.717) is 0 Å². The van der Waals surface area contributed by atoms with Crippen LogP contribution in [0.15, 0.2) is 0 Å². The second-order valence-corrected chi connectivity index (χ2v) is 0. The molecule has 0 saturated carbocycles. The molecule has 0 amide bonds. The summed E-state index contributed by atoms with van der Waals surface area (Å²) >= 11 is 0. The van der Waals surface area contributed by atoms with Gasteiger partial charge in [0, 0.05) is 0 Å². The molecule has 0 atom stereocenters. The van der Waals surface area contributed by atoms with E-state index in [4.69, 9.17) is 35.5 Å². The fraction of sp³-hybridized carbons (Fsp3) is 0. The SMILES string of the molecule is [C-]#N.[C-]#N.[C-]#N.[Yb+3]. The second-order valence-electron chi connectivity index (χ2n) is 0. The smallest absolute Gasteiger partial charge is 0.512 e. The zero-order valence-electron chi connectivity index (χ0n) is 3.11. The average molecular weight is 251 g/mol. The Morgan fingerprint density at radius 2 is 0.571 bits per heavy atom. The Labute approximate surface area is 81.4 Å². The van der Waals surface area contributed by atoms with Crippen LogP contribution in [0, 0.1) is 82.4 Å². The van der Waals surface area contributed by atoms with Gasteiger partial charge < -0.3 is 35.5 Å². The largest absolute Gasteiger partial charge is 3.00 e. The molecule has 0 rings (SSSR count). The molecule has 0 unspecified atom stereocenters. The predicted molar refractivity (Wildman–Crippen MR) is 14.9 cm³/mol. The zero-order chi connectivity index (χ0) is 6.00. The fourth-order valence-electron chi connectivity index (χ4n) is 0. The molecule has 1 radical (unpaired) electrons. The summed E-state index contributed by atoms with van der Waals surface area (Å²) in [6, 6.07) is 0. The third-order valence-corrected chi connectivity index (χ3v) is 0. The fourth-order valence-corrected chi connectivity index (χ4v) is 0. The van der Waals surface area contributed by atoms with Crippen molar-refractivity contribution in [2.75, 3.05) is 0 Å². The Bertz CT molecular complexity index is 38.7. The van der Waals surface area contributed by atoms with Gasteiger partial charge in [-0.3, -0.25) is 0 Å². The van der Waals surface area contributed by atoms with E-state index in [-0.39, 0.29) is 46.9 Å². The van der Waals surface area contributed by atoms with Gasteiger partial charge in [0.2, 0.25) is 0 Å². The Hall–Kier alpha value is -0.0105. The molecule has 0 saturated heterocycles. The molecule has 0 aliphatic heterocycles. The zero-order valence-corrected chi connectivity index (χ0v) is 4.82. The molecule has 0 spiro atoms. The molecule has 41 valence electrons. The van der Waals surface area contributed by atoms with Crippen molar-refractivity contribution in [3.63, 3.8) is 0 Å². The molecule has 0 N–H and O–H groups in total. The molecule has 3 nitrogen and oxygen atoms in total. The molecule has 0 bridgehead atoms. The second kappa shape index (κ2) is 1350000. The van der Waals surface area contributed by atoms with Gasteiger partial charge in [-0.15, -0.1) is 0 Å². The molecule has 0 aromatic heterocycles. The van der Waals surface area contributed by atoms with Crippen LogP contribution in [0.4, 0.5) is 0 Å². The van der Waals surface area contributed by atoms with Crippen molar-refractivity contribution in [1.29, 1.82) is 15.8 Å². The van der Waals surface area contributed by atoms with E-state index in [1.54, 1.807) is 0 Å². The van der Waals surface area contributed by atoms with Gasteiger partial charge in [-0.1, -0.05) is 0 Å². The average Bonchev–Trinajstić information content (AvgIpc) is 1.81. The summed E-state index contributed by atoms with van der Waals surface area (Å²) in [5.74, 6) is 0. The van der Waals surface area contributed by atoms with Gasteiger partial charge in [0.15, 0.2) is 0 Å². The van der Waals surface area contributed by atoms with Crippen LogP contribution in [0.25, 0.3) is 0 Å². The van der Waals surface area contributed by atoms with E-state index < -0.39 is 0 Å². The summed E-state index contributed by atoms with van der Waals surface area (Å²) in [6.07, 6.45) is 0. The monoisotopic (exact) mass is 252 g/mol. The third kappa shape index (κ3) is 861000. The van der Waals surface area contributed by atoms with Crippen LogP contribution < -0.4 is 0 Å². The van der Waals surface area contributed by atoms with Crippen molar-refractivity contribution < 1.29 is 46.9 Å². The Kier molecular flexibility index (Phi) is 5400000. The summed E-state index contributed by atoms with van der Waals surface area (Å²) in [5, 5.41) is 18.8. The van der Waals surface area contributed by atoms with Crippen LogP contribution in [0.5, 0.6) is 0 Å². The van der Waals surface area contributed by atoms with Crippen molar-refractivity contribution in [3.05, 3.63) is 19.7 Å². The molecular weight excluding hydrogens is 251 g/mol. The number of nitrogens with zero attached hydrogens (tertiary/aromatic N) is 3. The molecule has 0 aliphatic rings. The summed E-state index contributed by atoms with van der Waals surface area (Å²) < 4.78 is 0. The van der Waals surface area contributed by atoms with Gasteiger partial charge in [0.25, 0.3) is 0 Å². The van der Waals surface area contributed by atoms with Crippen molar-refractivity contribution in [2.45, 2.75) is 0 Å².